The number of ketones is 1. The number of esters is 1. The second kappa shape index (κ2) is 5.55. The molecular formula is C9H9BrN2O3. The summed E-state index contributed by atoms with van der Waals surface area (Å²) < 4.78 is 4.74. The van der Waals surface area contributed by atoms with Crippen molar-refractivity contribution in [1.82, 2.24) is 9.97 Å². The van der Waals surface area contributed by atoms with Gasteiger partial charge in [-0.3, -0.25) is 4.79 Å². The van der Waals surface area contributed by atoms with Gasteiger partial charge in [-0.05, 0) is 6.92 Å². The zero-order chi connectivity index (χ0) is 11.3. The van der Waals surface area contributed by atoms with Crippen LogP contribution in [0, 0.1) is 0 Å². The molecule has 0 N–H and O–H groups in total. The van der Waals surface area contributed by atoms with Crippen LogP contribution in [0.3, 0.4) is 0 Å². The summed E-state index contributed by atoms with van der Waals surface area (Å²) in [6.07, 6.45) is 2.56. The molecule has 0 unspecified atom stereocenters. The average Bonchev–Trinajstić information content (AvgIpc) is 2.28. The van der Waals surface area contributed by atoms with Crippen LogP contribution in [0.15, 0.2) is 12.4 Å². The molecule has 5 nitrogen and oxygen atoms in total. The van der Waals surface area contributed by atoms with E-state index in [0.717, 1.165) is 0 Å². The number of carbonyl (C=O) groups is 2. The molecule has 1 heterocycles. The van der Waals surface area contributed by atoms with Crippen LogP contribution < -0.4 is 0 Å². The summed E-state index contributed by atoms with van der Waals surface area (Å²) in [5, 5.41) is 0.158. The molecule has 0 atom stereocenters. The lowest BCUT2D eigenvalue weighted by atomic mass is 10.3. The van der Waals surface area contributed by atoms with Crippen molar-refractivity contribution in [3.05, 3.63) is 23.8 Å². The molecule has 0 radical (unpaired) electrons. The number of hydrogen-bond donors (Lipinski definition) is 0. The van der Waals surface area contributed by atoms with E-state index < -0.39 is 5.97 Å². The van der Waals surface area contributed by atoms with E-state index in [9.17, 15) is 9.59 Å². The molecule has 0 amide bonds. The average molecular weight is 273 g/mol. The Labute approximate surface area is 95.0 Å². The maximum atomic E-state index is 11.2. The predicted octanol–water partition coefficient (Wildman–Crippen LogP) is 1.23. The molecule has 0 aliphatic heterocycles. The van der Waals surface area contributed by atoms with Crippen molar-refractivity contribution in [1.29, 1.82) is 0 Å². The second-order valence-corrected chi connectivity index (χ2v) is 3.13. The highest BCUT2D eigenvalue weighted by Crippen LogP contribution is 2.00. The Morgan fingerprint density at radius 2 is 2.00 bits per heavy atom. The first-order valence-corrected chi connectivity index (χ1v) is 5.39. The summed E-state index contributed by atoms with van der Waals surface area (Å²) in [5.41, 5.74) is 0.239. The predicted molar refractivity (Wildman–Crippen MR) is 56.1 cm³/mol. The van der Waals surface area contributed by atoms with Gasteiger partial charge in [-0.15, -0.1) is 0 Å². The molecule has 0 saturated carbocycles. The number of Topliss-reactive ketones (excluding diaryl/α,β-unsaturated/α-hetero) is 1. The molecule has 80 valence electrons. The zero-order valence-corrected chi connectivity index (χ0v) is 9.65. The minimum Gasteiger partial charge on any atom is -0.462 e. The molecule has 1 aromatic rings. The summed E-state index contributed by atoms with van der Waals surface area (Å²) in [5.74, 6) is -0.638. The van der Waals surface area contributed by atoms with Gasteiger partial charge in [0.05, 0.1) is 17.5 Å². The third-order valence-corrected chi connectivity index (χ3v) is 2.04. The van der Waals surface area contributed by atoms with Crippen LogP contribution in [0.2, 0.25) is 0 Å². The Morgan fingerprint density at radius 3 is 2.47 bits per heavy atom. The normalized spacial score (nSPS) is 9.73. The van der Waals surface area contributed by atoms with Crippen molar-refractivity contribution >= 4 is 27.7 Å². The van der Waals surface area contributed by atoms with Crippen LogP contribution in [-0.4, -0.2) is 33.7 Å². The fraction of sp³-hybridized carbons (Fsp3) is 0.333. The molecule has 0 aromatic carbocycles. The van der Waals surface area contributed by atoms with Gasteiger partial charge < -0.3 is 4.74 Å². The number of ether oxygens (including phenoxy) is 1. The lowest BCUT2D eigenvalue weighted by Gasteiger charge is -2.00. The van der Waals surface area contributed by atoms with E-state index in [1.807, 2.05) is 0 Å². The molecule has 0 spiro atoms. The third-order valence-electron chi connectivity index (χ3n) is 1.53. The van der Waals surface area contributed by atoms with Crippen LogP contribution in [0.1, 0.15) is 27.9 Å². The number of alkyl halides is 1. The third kappa shape index (κ3) is 3.09. The minimum atomic E-state index is -0.490. The van der Waals surface area contributed by atoms with Crippen LogP contribution in [0.5, 0.6) is 0 Å². The molecule has 1 rings (SSSR count). The summed E-state index contributed by atoms with van der Waals surface area (Å²) in [4.78, 5) is 29.9. The molecule has 0 aliphatic rings. The quantitative estimate of drug-likeness (QED) is 0.469. The van der Waals surface area contributed by atoms with E-state index in [-0.39, 0.29) is 22.5 Å². The van der Waals surface area contributed by atoms with Crippen molar-refractivity contribution in [2.45, 2.75) is 6.92 Å². The second-order valence-electron chi connectivity index (χ2n) is 2.57. The topological polar surface area (TPSA) is 69.2 Å². The number of carbonyl (C=O) groups excluding carboxylic acids is 2. The standard InChI is InChI=1S/C9H9BrN2O3/c1-2-15-9(14)6-4-11-8(12-5-6)7(13)3-10/h4-5H,2-3H2,1H3. The summed E-state index contributed by atoms with van der Waals surface area (Å²) in [7, 11) is 0. The van der Waals surface area contributed by atoms with Crippen molar-refractivity contribution in [2.75, 3.05) is 11.9 Å². The highest BCUT2D eigenvalue weighted by Gasteiger charge is 2.10. The van der Waals surface area contributed by atoms with Gasteiger partial charge in [-0.1, -0.05) is 15.9 Å². The van der Waals surface area contributed by atoms with Gasteiger partial charge in [0.25, 0.3) is 0 Å². The molecule has 15 heavy (non-hydrogen) atoms. The highest BCUT2D eigenvalue weighted by molar-refractivity contribution is 9.09. The molecular weight excluding hydrogens is 264 g/mol. The molecule has 0 aliphatic carbocycles. The van der Waals surface area contributed by atoms with E-state index in [2.05, 4.69) is 25.9 Å². The number of nitrogens with zero attached hydrogens (tertiary/aromatic N) is 2. The van der Waals surface area contributed by atoms with E-state index in [4.69, 9.17) is 4.74 Å². The number of hydrogen-bond acceptors (Lipinski definition) is 5. The lowest BCUT2D eigenvalue weighted by molar-refractivity contribution is 0.0525. The molecule has 1 aromatic heterocycles. The Balaban J connectivity index is 2.80. The van der Waals surface area contributed by atoms with E-state index in [1.54, 1.807) is 6.92 Å². The van der Waals surface area contributed by atoms with Gasteiger partial charge in [0.1, 0.15) is 0 Å². The van der Waals surface area contributed by atoms with Gasteiger partial charge in [-0.2, -0.15) is 0 Å². The van der Waals surface area contributed by atoms with Gasteiger partial charge in [-0.25, -0.2) is 14.8 Å². The first kappa shape index (κ1) is 11.8. The first-order chi connectivity index (χ1) is 7.19. The monoisotopic (exact) mass is 272 g/mol. The Kier molecular flexibility index (Phi) is 4.36. The van der Waals surface area contributed by atoms with Gasteiger partial charge in [0.2, 0.25) is 5.78 Å². The van der Waals surface area contributed by atoms with Crippen LogP contribution >= 0.6 is 15.9 Å². The van der Waals surface area contributed by atoms with Gasteiger partial charge in [0, 0.05) is 12.4 Å². The van der Waals surface area contributed by atoms with Crippen molar-refractivity contribution in [3.8, 4) is 0 Å². The summed E-state index contributed by atoms with van der Waals surface area (Å²) in [6.45, 7) is 2.00. The van der Waals surface area contributed by atoms with Crippen LogP contribution in [0.25, 0.3) is 0 Å². The Hall–Kier alpha value is -1.30. The summed E-state index contributed by atoms with van der Waals surface area (Å²) >= 11 is 3.00. The van der Waals surface area contributed by atoms with E-state index in [1.165, 1.54) is 12.4 Å². The van der Waals surface area contributed by atoms with Gasteiger partial charge in [0.15, 0.2) is 5.82 Å². The molecule has 0 bridgehead atoms. The Morgan fingerprint density at radius 1 is 1.40 bits per heavy atom. The summed E-state index contributed by atoms with van der Waals surface area (Å²) in [6, 6.07) is 0. The van der Waals surface area contributed by atoms with Crippen LogP contribution in [0.4, 0.5) is 0 Å². The van der Waals surface area contributed by atoms with Crippen molar-refractivity contribution < 1.29 is 14.3 Å². The maximum absolute atomic E-state index is 11.2. The number of halogens is 1. The van der Waals surface area contributed by atoms with E-state index in [0.29, 0.717) is 6.61 Å². The van der Waals surface area contributed by atoms with Crippen molar-refractivity contribution in [3.63, 3.8) is 0 Å². The smallest absolute Gasteiger partial charge is 0.341 e. The SMILES string of the molecule is CCOC(=O)c1cnc(C(=O)CBr)nc1. The zero-order valence-electron chi connectivity index (χ0n) is 8.07. The minimum absolute atomic E-state index is 0.0833. The van der Waals surface area contributed by atoms with E-state index >= 15 is 0 Å². The van der Waals surface area contributed by atoms with Gasteiger partial charge >= 0.3 is 5.97 Å². The van der Waals surface area contributed by atoms with Crippen LogP contribution in [-0.2, 0) is 4.74 Å². The lowest BCUT2D eigenvalue weighted by Crippen LogP contribution is -2.10. The number of aromatic nitrogens is 2. The fourth-order valence-corrected chi connectivity index (χ4v) is 1.10. The fourth-order valence-electron chi connectivity index (χ4n) is 0.852. The largest absolute Gasteiger partial charge is 0.462 e. The molecule has 0 fully saturated rings. The molecule has 6 heteroatoms. The first-order valence-electron chi connectivity index (χ1n) is 4.27. The highest BCUT2D eigenvalue weighted by atomic mass is 79.9. The Bertz CT molecular complexity index is 364. The number of rotatable bonds is 4. The maximum Gasteiger partial charge on any atom is 0.341 e. The van der Waals surface area contributed by atoms with Crippen molar-refractivity contribution in [2.24, 2.45) is 0 Å². The molecule has 0 saturated heterocycles.